The van der Waals surface area contributed by atoms with Gasteiger partial charge in [-0.25, -0.2) is 0 Å². The summed E-state index contributed by atoms with van der Waals surface area (Å²) in [5.74, 6) is -0.0324. The maximum absolute atomic E-state index is 11.9. The van der Waals surface area contributed by atoms with Crippen LogP contribution in [-0.2, 0) is 9.53 Å². The molecule has 0 aliphatic carbocycles. The number of benzene rings is 1. The first-order valence-corrected chi connectivity index (χ1v) is 7.17. The largest absolute Gasteiger partial charge is 0.485 e. The van der Waals surface area contributed by atoms with Crippen molar-refractivity contribution in [3.8, 4) is 11.5 Å². The lowest BCUT2D eigenvalue weighted by atomic mass is 10.1. The van der Waals surface area contributed by atoms with E-state index >= 15 is 0 Å². The molecule has 1 aliphatic rings. The molecule has 0 saturated carbocycles. The summed E-state index contributed by atoms with van der Waals surface area (Å²) in [5.41, 5.74) is 0.341. The predicted octanol–water partition coefficient (Wildman–Crippen LogP) is 3.29. The van der Waals surface area contributed by atoms with Crippen LogP contribution in [0.3, 0.4) is 0 Å². The highest BCUT2D eigenvalue weighted by Gasteiger charge is 2.30. The Morgan fingerprint density at radius 2 is 2.10 bits per heavy atom. The summed E-state index contributed by atoms with van der Waals surface area (Å²) >= 11 is 12.1. The van der Waals surface area contributed by atoms with E-state index in [1.165, 1.54) is 13.0 Å². The molecule has 2 rings (SSSR count). The summed E-state index contributed by atoms with van der Waals surface area (Å²) in [7, 11) is 0. The van der Waals surface area contributed by atoms with Gasteiger partial charge in [0, 0.05) is 13.3 Å². The number of carbonyl (C=O) groups is 2. The molecule has 1 unspecified atom stereocenters. The molecule has 114 valence electrons. The monoisotopic (exact) mass is 332 g/mol. The summed E-state index contributed by atoms with van der Waals surface area (Å²) in [4.78, 5) is 22.8. The van der Waals surface area contributed by atoms with E-state index < -0.39 is 12.1 Å². The van der Waals surface area contributed by atoms with Gasteiger partial charge in [-0.05, 0) is 6.07 Å². The van der Waals surface area contributed by atoms with Crippen molar-refractivity contribution in [1.82, 2.24) is 0 Å². The molecule has 0 amide bonds. The molecule has 21 heavy (non-hydrogen) atoms. The number of hydrogen-bond acceptors (Lipinski definition) is 5. The van der Waals surface area contributed by atoms with Gasteiger partial charge in [-0.3, -0.25) is 9.59 Å². The van der Waals surface area contributed by atoms with E-state index in [2.05, 4.69) is 0 Å². The number of ether oxygens (including phenoxy) is 3. The number of carbonyl (C=O) groups excluding carboxylic acids is 2. The summed E-state index contributed by atoms with van der Waals surface area (Å²) in [6.07, 6.45) is -0.188. The summed E-state index contributed by atoms with van der Waals surface area (Å²) in [6.45, 7) is 3.24. The van der Waals surface area contributed by atoms with Crippen LogP contribution >= 0.6 is 23.2 Å². The van der Waals surface area contributed by atoms with E-state index in [4.69, 9.17) is 37.4 Å². The number of hydrogen-bond donors (Lipinski definition) is 0. The van der Waals surface area contributed by atoms with Crippen molar-refractivity contribution in [2.24, 2.45) is 0 Å². The molecular weight excluding hydrogens is 319 g/mol. The van der Waals surface area contributed by atoms with Gasteiger partial charge in [0.05, 0.1) is 10.6 Å². The van der Waals surface area contributed by atoms with E-state index in [0.29, 0.717) is 12.0 Å². The normalized spacial score (nSPS) is 16.5. The Kier molecular flexibility index (Phi) is 4.96. The summed E-state index contributed by atoms with van der Waals surface area (Å²) < 4.78 is 16.1. The first-order chi connectivity index (χ1) is 9.93. The third-order valence-electron chi connectivity index (χ3n) is 2.92. The van der Waals surface area contributed by atoms with Gasteiger partial charge in [0.2, 0.25) is 0 Å². The van der Waals surface area contributed by atoms with Gasteiger partial charge < -0.3 is 14.2 Å². The highest BCUT2D eigenvalue weighted by Crippen LogP contribution is 2.45. The number of halogens is 2. The molecule has 0 spiro atoms. The van der Waals surface area contributed by atoms with Gasteiger partial charge >= 0.3 is 5.97 Å². The lowest BCUT2D eigenvalue weighted by Crippen LogP contribution is -2.34. The number of fused-ring (bicyclic) bond motifs is 1. The maximum atomic E-state index is 11.9. The van der Waals surface area contributed by atoms with Gasteiger partial charge in [0.1, 0.15) is 18.2 Å². The molecular formula is C14H14Cl2O5. The second kappa shape index (κ2) is 6.54. The molecule has 0 bridgehead atoms. The van der Waals surface area contributed by atoms with Crippen LogP contribution in [0, 0.1) is 0 Å². The number of Topliss-reactive ketones (excluding diaryl/α,β-unsaturated/α-hetero) is 1. The van der Waals surface area contributed by atoms with E-state index in [0.717, 1.165) is 0 Å². The molecule has 1 aliphatic heterocycles. The molecule has 1 heterocycles. The minimum Gasteiger partial charge on any atom is -0.485 e. The van der Waals surface area contributed by atoms with Gasteiger partial charge in [-0.2, -0.15) is 0 Å². The van der Waals surface area contributed by atoms with Crippen LogP contribution in [-0.4, -0.2) is 31.1 Å². The summed E-state index contributed by atoms with van der Waals surface area (Å²) in [5, 5.41) is 0.385. The van der Waals surface area contributed by atoms with Gasteiger partial charge in [0.15, 0.2) is 23.4 Å². The lowest BCUT2D eigenvalue weighted by Gasteiger charge is -2.28. The Balaban J connectivity index is 2.32. The van der Waals surface area contributed by atoms with E-state index in [1.807, 2.05) is 0 Å². The van der Waals surface area contributed by atoms with Crippen LogP contribution in [0.4, 0.5) is 0 Å². The molecule has 1 atom stereocenters. The molecule has 1 aromatic rings. The van der Waals surface area contributed by atoms with Crippen molar-refractivity contribution < 1.29 is 23.8 Å². The fraction of sp³-hybridized carbons (Fsp3) is 0.429. The zero-order valence-corrected chi connectivity index (χ0v) is 13.1. The Labute approximate surface area is 132 Å². The minimum atomic E-state index is -0.498. The molecule has 5 nitrogen and oxygen atoms in total. The van der Waals surface area contributed by atoms with Crippen molar-refractivity contribution in [1.29, 1.82) is 0 Å². The van der Waals surface area contributed by atoms with Gasteiger partial charge in [0.25, 0.3) is 0 Å². The zero-order chi connectivity index (χ0) is 15.6. The average Bonchev–Trinajstić information content (AvgIpc) is 2.48. The SMILES string of the molecule is CCC(=O)c1cc(Cl)c(Cl)c2c1OCC(COC(C)=O)O2. The highest BCUT2D eigenvalue weighted by atomic mass is 35.5. The lowest BCUT2D eigenvalue weighted by molar-refractivity contribution is -0.144. The van der Waals surface area contributed by atoms with Crippen LogP contribution in [0.25, 0.3) is 0 Å². The third-order valence-corrected chi connectivity index (χ3v) is 3.69. The second-order valence-corrected chi connectivity index (χ2v) is 5.29. The van der Waals surface area contributed by atoms with Gasteiger partial charge in [-0.15, -0.1) is 0 Å². The summed E-state index contributed by atoms with van der Waals surface area (Å²) in [6, 6.07) is 1.48. The van der Waals surface area contributed by atoms with Crippen molar-refractivity contribution in [2.45, 2.75) is 26.4 Å². The molecule has 0 saturated heterocycles. The Hall–Kier alpha value is -1.46. The quantitative estimate of drug-likeness (QED) is 0.625. The van der Waals surface area contributed by atoms with Crippen LogP contribution < -0.4 is 9.47 Å². The zero-order valence-electron chi connectivity index (χ0n) is 11.6. The van der Waals surface area contributed by atoms with Gasteiger partial charge in [-0.1, -0.05) is 30.1 Å². The van der Waals surface area contributed by atoms with Crippen molar-refractivity contribution in [3.05, 3.63) is 21.7 Å². The van der Waals surface area contributed by atoms with Crippen LogP contribution in [0.5, 0.6) is 11.5 Å². The Morgan fingerprint density at radius 1 is 1.38 bits per heavy atom. The van der Waals surface area contributed by atoms with Crippen LogP contribution in [0.15, 0.2) is 6.07 Å². The number of rotatable bonds is 4. The third kappa shape index (κ3) is 3.41. The molecule has 0 fully saturated rings. The van der Waals surface area contributed by atoms with E-state index in [-0.39, 0.29) is 40.5 Å². The average molecular weight is 333 g/mol. The minimum absolute atomic E-state index is 0.0364. The van der Waals surface area contributed by atoms with Crippen molar-refractivity contribution in [2.75, 3.05) is 13.2 Å². The Morgan fingerprint density at radius 3 is 2.71 bits per heavy atom. The first kappa shape index (κ1) is 15.9. The fourth-order valence-electron chi connectivity index (χ4n) is 1.90. The molecule has 1 aromatic carbocycles. The molecule has 0 N–H and O–H groups in total. The van der Waals surface area contributed by atoms with Crippen molar-refractivity contribution in [3.63, 3.8) is 0 Å². The Bertz CT molecular complexity index is 585. The first-order valence-electron chi connectivity index (χ1n) is 6.42. The number of esters is 1. The highest BCUT2D eigenvalue weighted by molar-refractivity contribution is 6.43. The molecule has 7 heteroatoms. The van der Waals surface area contributed by atoms with E-state index in [1.54, 1.807) is 6.92 Å². The maximum Gasteiger partial charge on any atom is 0.302 e. The predicted molar refractivity (Wildman–Crippen MR) is 77.6 cm³/mol. The van der Waals surface area contributed by atoms with Crippen LogP contribution in [0.2, 0.25) is 10.0 Å². The van der Waals surface area contributed by atoms with E-state index in [9.17, 15) is 9.59 Å². The number of ketones is 1. The topological polar surface area (TPSA) is 61.8 Å². The standard InChI is InChI=1S/C14H14Cl2O5/c1-3-11(18)9-4-10(15)12(16)14-13(9)20-6-8(21-14)5-19-7(2)17/h4,8H,3,5-6H2,1-2H3. The fourth-order valence-corrected chi connectivity index (χ4v) is 2.28. The van der Waals surface area contributed by atoms with Crippen molar-refractivity contribution >= 4 is 35.0 Å². The molecule has 0 radical (unpaired) electrons. The molecule has 0 aromatic heterocycles. The second-order valence-electron chi connectivity index (χ2n) is 4.51. The smallest absolute Gasteiger partial charge is 0.302 e. The van der Waals surface area contributed by atoms with Crippen LogP contribution in [0.1, 0.15) is 30.6 Å².